The molecule has 0 aromatic carbocycles. The molecule has 1 atom stereocenters. The second kappa shape index (κ2) is 4.41. The Morgan fingerprint density at radius 2 is 2.28 bits per heavy atom. The zero-order valence-corrected chi connectivity index (χ0v) is 11.1. The number of hydrogen-bond donors (Lipinski definition) is 2. The SMILES string of the molecule is O=[S@@]1CCc2nc(Cl)nc(NC3(CO)COC3)c21. The van der Waals surface area contributed by atoms with Gasteiger partial charge in [-0.1, -0.05) is 0 Å². The van der Waals surface area contributed by atoms with Crippen LogP contribution >= 0.6 is 11.6 Å². The lowest BCUT2D eigenvalue weighted by atomic mass is 9.99. The minimum Gasteiger partial charge on any atom is -0.394 e. The van der Waals surface area contributed by atoms with Crippen LogP contribution in [0.1, 0.15) is 5.69 Å². The normalized spacial score (nSPS) is 24.4. The molecule has 2 aliphatic heterocycles. The quantitative estimate of drug-likeness (QED) is 0.760. The zero-order valence-electron chi connectivity index (χ0n) is 9.48. The van der Waals surface area contributed by atoms with Gasteiger partial charge >= 0.3 is 0 Å². The van der Waals surface area contributed by atoms with Gasteiger partial charge in [0.05, 0.1) is 36.3 Å². The highest BCUT2D eigenvalue weighted by atomic mass is 35.5. The topological polar surface area (TPSA) is 84.3 Å². The molecule has 0 saturated carbocycles. The number of aliphatic hydroxyl groups excluding tert-OH is 1. The zero-order chi connectivity index (χ0) is 12.8. The molecular formula is C10H12ClN3O3S. The molecule has 1 saturated heterocycles. The lowest BCUT2D eigenvalue weighted by molar-refractivity contribution is -0.0653. The molecule has 1 aromatic rings. The van der Waals surface area contributed by atoms with Crippen LogP contribution in [0.4, 0.5) is 5.82 Å². The van der Waals surface area contributed by atoms with E-state index in [1.54, 1.807) is 0 Å². The maximum absolute atomic E-state index is 11.9. The number of rotatable bonds is 3. The predicted octanol–water partition coefficient (Wildman–Crippen LogP) is -0.0331. The number of fused-ring (bicyclic) bond motifs is 1. The summed E-state index contributed by atoms with van der Waals surface area (Å²) < 4.78 is 17.0. The first kappa shape index (κ1) is 12.3. The van der Waals surface area contributed by atoms with Crippen LogP contribution in [0.25, 0.3) is 0 Å². The van der Waals surface area contributed by atoms with Crippen molar-refractivity contribution in [2.24, 2.45) is 0 Å². The molecule has 0 amide bonds. The van der Waals surface area contributed by atoms with E-state index in [0.717, 1.165) is 5.69 Å². The molecule has 98 valence electrons. The van der Waals surface area contributed by atoms with Crippen molar-refractivity contribution in [2.75, 3.05) is 30.9 Å². The highest BCUT2D eigenvalue weighted by Gasteiger charge is 2.40. The fourth-order valence-electron chi connectivity index (χ4n) is 2.05. The molecule has 8 heteroatoms. The molecule has 0 unspecified atom stereocenters. The van der Waals surface area contributed by atoms with Crippen molar-refractivity contribution in [3.63, 3.8) is 0 Å². The Hall–Kier alpha value is -0.760. The fraction of sp³-hybridized carbons (Fsp3) is 0.600. The first-order chi connectivity index (χ1) is 8.63. The number of aryl methyl sites for hydroxylation is 1. The number of ether oxygens (including phenoxy) is 1. The average molecular weight is 290 g/mol. The highest BCUT2D eigenvalue weighted by molar-refractivity contribution is 7.85. The van der Waals surface area contributed by atoms with Gasteiger partial charge in [0, 0.05) is 12.2 Å². The summed E-state index contributed by atoms with van der Waals surface area (Å²) >= 11 is 5.85. The molecule has 6 nitrogen and oxygen atoms in total. The molecule has 1 fully saturated rings. The molecule has 3 heterocycles. The Labute approximate surface area is 111 Å². The third-order valence-electron chi connectivity index (χ3n) is 3.10. The number of aliphatic hydroxyl groups is 1. The van der Waals surface area contributed by atoms with Crippen LogP contribution < -0.4 is 5.32 Å². The number of aromatic nitrogens is 2. The van der Waals surface area contributed by atoms with Crippen molar-refractivity contribution in [1.29, 1.82) is 0 Å². The number of hydrogen-bond acceptors (Lipinski definition) is 6. The standard InChI is InChI=1S/C10H12ClN3O3S/c11-9-12-6-1-2-18(16)7(6)8(13-9)14-10(3-15)4-17-5-10/h15H,1-5H2,(H,12,13,14)/t18-/m1/s1. The van der Waals surface area contributed by atoms with Crippen LogP contribution in [0, 0.1) is 0 Å². The number of nitrogens with one attached hydrogen (secondary N) is 1. The average Bonchev–Trinajstić information content (AvgIpc) is 2.65. The van der Waals surface area contributed by atoms with Crippen LogP contribution in [0.2, 0.25) is 5.28 Å². The molecule has 0 bridgehead atoms. The minimum atomic E-state index is -1.10. The highest BCUT2D eigenvalue weighted by Crippen LogP contribution is 2.32. The molecule has 1 aromatic heterocycles. The molecule has 2 aliphatic rings. The van der Waals surface area contributed by atoms with Gasteiger partial charge in [0.1, 0.15) is 16.3 Å². The minimum absolute atomic E-state index is 0.0734. The van der Waals surface area contributed by atoms with Crippen LogP contribution in [0.3, 0.4) is 0 Å². The second-order valence-corrected chi connectivity index (χ2v) is 6.32. The number of halogens is 1. The summed E-state index contributed by atoms with van der Waals surface area (Å²) in [7, 11) is -1.10. The maximum atomic E-state index is 11.9. The summed E-state index contributed by atoms with van der Waals surface area (Å²) in [4.78, 5) is 8.80. The van der Waals surface area contributed by atoms with Gasteiger partial charge in [-0.2, -0.15) is 4.98 Å². The molecular weight excluding hydrogens is 278 g/mol. The van der Waals surface area contributed by atoms with E-state index in [-0.39, 0.29) is 11.9 Å². The van der Waals surface area contributed by atoms with Crippen molar-refractivity contribution in [3.05, 3.63) is 11.0 Å². The van der Waals surface area contributed by atoms with E-state index < -0.39 is 16.3 Å². The lowest BCUT2D eigenvalue weighted by Gasteiger charge is -2.41. The first-order valence-electron chi connectivity index (χ1n) is 5.55. The molecule has 0 spiro atoms. The molecule has 18 heavy (non-hydrogen) atoms. The molecule has 3 rings (SSSR count). The summed E-state index contributed by atoms with van der Waals surface area (Å²) in [6, 6.07) is 0. The van der Waals surface area contributed by atoms with Gasteiger partial charge < -0.3 is 15.2 Å². The number of anilines is 1. The fourth-order valence-corrected chi connectivity index (χ4v) is 3.55. The maximum Gasteiger partial charge on any atom is 0.224 e. The monoisotopic (exact) mass is 289 g/mol. The molecule has 0 radical (unpaired) electrons. The first-order valence-corrected chi connectivity index (χ1v) is 7.25. The van der Waals surface area contributed by atoms with Gasteiger partial charge in [0.2, 0.25) is 5.28 Å². The van der Waals surface area contributed by atoms with Crippen LogP contribution in [-0.2, 0) is 22.0 Å². The summed E-state index contributed by atoms with van der Waals surface area (Å²) in [5, 5.41) is 12.6. The Kier molecular flexibility index (Phi) is 3.01. The van der Waals surface area contributed by atoms with Crippen molar-refractivity contribution in [1.82, 2.24) is 9.97 Å². The van der Waals surface area contributed by atoms with Gasteiger partial charge in [-0.3, -0.25) is 4.21 Å². The van der Waals surface area contributed by atoms with Crippen LogP contribution in [-0.4, -0.2) is 50.4 Å². The Balaban J connectivity index is 1.99. The second-order valence-electron chi connectivity index (χ2n) is 4.47. The van der Waals surface area contributed by atoms with E-state index in [4.69, 9.17) is 16.3 Å². The molecule has 2 N–H and O–H groups in total. The van der Waals surface area contributed by atoms with Crippen molar-refractivity contribution in [2.45, 2.75) is 16.9 Å². The van der Waals surface area contributed by atoms with E-state index in [2.05, 4.69) is 15.3 Å². The van der Waals surface area contributed by atoms with Gasteiger partial charge in [0.25, 0.3) is 0 Å². The van der Waals surface area contributed by atoms with Gasteiger partial charge in [-0.15, -0.1) is 0 Å². The third kappa shape index (κ3) is 1.91. The Bertz CT molecular complexity index is 516. The van der Waals surface area contributed by atoms with Crippen LogP contribution in [0.5, 0.6) is 0 Å². The summed E-state index contributed by atoms with van der Waals surface area (Å²) in [6.07, 6.45) is 0.640. The smallest absolute Gasteiger partial charge is 0.224 e. The summed E-state index contributed by atoms with van der Waals surface area (Å²) in [5.41, 5.74) is 0.183. The van der Waals surface area contributed by atoms with Gasteiger partial charge in [-0.05, 0) is 11.6 Å². The van der Waals surface area contributed by atoms with Gasteiger partial charge in [-0.25, -0.2) is 4.98 Å². The largest absolute Gasteiger partial charge is 0.394 e. The van der Waals surface area contributed by atoms with Crippen molar-refractivity contribution in [3.8, 4) is 0 Å². The predicted molar refractivity (Wildman–Crippen MR) is 66.3 cm³/mol. The van der Waals surface area contributed by atoms with Gasteiger partial charge in [0.15, 0.2) is 0 Å². The van der Waals surface area contributed by atoms with E-state index in [9.17, 15) is 9.32 Å². The molecule has 0 aliphatic carbocycles. The third-order valence-corrected chi connectivity index (χ3v) is 4.73. The summed E-state index contributed by atoms with van der Waals surface area (Å²) in [5.74, 6) is 1.000. The number of nitrogens with zero attached hydrogens (tertiary/aromatic N) is 2. The Morgan fingerprint density at radius 1 is 1.50 bits per heavy atom. The van der Waals surface area contributed by atoms with Crippen molar-refractivity contribution < 1.29 is 14.1 Å². The summed E-state index contributed by atoms with van der Waals surface area (Å²) in [6.45, 7) is 0.717. The van der Waals surface area contributed by atoms with E-state index in [1.165, 1.54) is 0 Å². The lowest BCUT2D eigenvalue weighted by Crippen LogP contribution is -2.58. The Morgan fingerprint density at radius 3 is 2.89 bits per heavy atom. The van der Waals surface area contributed by atoms with E-state index in [1.807, 2.05) is 0 Å². The van der Waals surface area contributed by atoms with E-state index in [0.29, 0.717) is 36.1 Å². The van der Waals surface area contributed by atoms with Crippen molar-refractivity contribution >= 4 is 28.2 Å². The van der Waals surface area contributed by atoms with Crippen LogP contribution in [0.15, 0.2) is 4.90 Å². The van der Waals surface area contributed by atoms with E-state index >= 15 is 0 Å².